The van der Waals surface area contributed by atoms with Crippen molar-refractivity contribution in [2.24, 2.45) is 0 Å². The zero-order valence-corrected chi connectivity index (χ0v) is 28.4. The van der Waals surface area contributed by atoms with Crippen molar-refractivity contribution in [3.05, 3.63) is 101 Å². The fraction of sp³-hybridized carbons (Fsp3) is 0.412. The highest BCUT2D eigenvalue weighted by Crippen LogP contribution is 2.26. The molecule has 1 aromatic heterocycles. The van der Waals surface area contributed by atoms with Crippen molar-refractivity contribution in [1.29, 1.82) is 0 Å². The number of aliphatic hydroxyl groups is 1. The zero-order valence-electron chi connectivity index (χ0n) is 27.6. The minimum atomic E-state index is -4.06. The van der Waals surface area contributed by atoms with Crippen LogP contribution < -0.4 is 15.4 Å². The molecule has 1 aliphatic heterocycles. The quantitative estimate of drug-likeness (QED) is 0.123. The summed E-state index contributed by atoms with van der Waals surface area (Å²) in [7, 11) is -2.82. The number of nitrogens with zero attached hydrogens (tertiary/aromatic N) is 2. The lowest BCUT2D eigenvalue weighted by atomic mass is 10.1. The van der Waals surface area contributed by atoms with Crippen molar-refractivity contribution in [1.82, 2.24) is 19.9 Å². The Bertz CT molecular complexity index is 1620. The molecule has 4 rings (SSSR count). The Morgan fingerprint density at radius 3 is 2.50 bits per heavy atom. The first-order chi connectivity index (χ1) is 22.9. The Balaban J connectivity index is 1.34. The number of benzene rings is 2. The summed E-state index contributed by atoms with van der Waals surface area (Å²) < 4.78 is 59.3. The smallest absolute Gasteiger partial charge is 0.246 e. The summed E-state index contributed by atoms with van der Waals surface area (Å²) in [6, 6.07) is 13.8. The number of rotatable bonds is 17. The lowest BCUT2D eigenvalue weighted by Crippen LogP contribution is -2.51. The number of sulfonamides is 1. The lowest BCUT2D eigenvalue weighted by molar-refractivity contribution is -0.128. The number of methoxy groups -OCH3 is 1. The van der Waals surface area contributed by atoms with E-state index in [9.17, 15) is 22.7 Å². The number of nitrogens with one attached hydrogen (secondary N) is 3. The largest absolute Gasteiger partial charge is 0.475 e. The highest BCUT2D eigenvalue weighted by atomic mass is 32.2. The van der Waals surface area contributed by atoms with E-state index in [0.717, 1.165) is 11.1 Å². The van der Waals surface area contributed by atoms with Gasteiger partial charge in [0.2, 0.25) is 15.9 Å². The van der Waals surface area contributed by atoms with E-state index in [4.69, 9.17) is 14.2 Å². The maximum Gasteiger partial charge on any atom is 0.246 e. The van der Waals surface area contributed by atoms with Gasteiger partial charge in [-0.15, -0.1) is 0 Å². The fourth-order valence-corrected chi connectivity index (χ4v) is 7.38. The molecule has 1 aliphatic rings. The van der Waals surface area contributed by atoms with Gasteiger partial charge >= 0.3 is 0 Å². The van der Waals surface area contributed by atoms with E-state index in [1.807, 2.05) is 30.0 Å². The minimum Gasteiger partial charge on any atom is -0.475 e. The Labute approximate surface area is 281 Å². The third-order valence-electron chi connectivity index (χ3n) is 7.93. The third-order valence-corrected chi connectivity index (χ3v) is 9.73. The van der Waals surface area contributed by atoms with Crippen LogP contribution in [0.5, 0.6) is 0 Å². The van der Waals surface area contributed by atoms with Crippen LogP contribution in [-0.4, -0.2) is 87.1 Å². The van der Waals surface area contributed by atoms with Gasteiger partial charge in [0.1, 0.15) is 24.8 Å². The second-order valence-electron chi connectivity index (χ2n) is 11.8. The molecule has 3 aromatic rings. The number of hydrogen-bond acceptors (Lipinski definition) is 10. The SMILES string of the molecule is C=C(OCc1ccc(F)cc1)N1C[C@H](OCC(=O)NCC(NS(=O)(=O)c2c(C)cc(C)cc2C)C(O)OC)C[C@H]1CNc1ccccn1. The van der Waals surface area contributed by atoms with Crippen LogP contribution >= 0.6 is 0 Å². The number of aryl methyl sites for hydroxylation is 3. The molecule has 4 N–H and O–H groups in total. The number of likely N-dealkylation sites (tertiary alicyclic amines) is 1. The Morgan fingerprint density at radius 2 is 1.85 bits per heavy atom. The number of carbonyl (C=O) groups excluding carboxylic acids is 1. The first-order valence-corrected chi connectivity index (χ1v) is 17.0. The molecule has 14 heteroatoms. The number of aromatic nitrogens is 1. The van der Waals surface area contributed by atoms with E-state index in [-0.39, 0.29) is 42.6 Å². The lowest BCUT2D eigenvalue weighted by Gasteiger charge is -2.28. The number of pyridine rings is 1. The van der Waals surface area contributed by atoms with E-state index < -0.39 is 28.3 Å². The molecule has 0 bridgehead atoms. The summed E-state index contributed by atoms with van der Waals surface area (Å²) in [5.74, 6) is 0.277. The molecule has 0 radical (unpaired) electrons. The second-order valence-corrected chi connectivity index (χ2v) is 13.4. The average Bonchev–Trinajstić information content (AvgIpc) is 3.47. The van der Waals surface area contributed by atoms with Crippen molar-refractivity contribution >= 4 is 21.7 Å². The number of amides is 1. The van der Waals surface area contributed by atoms with Crippen LogP contribution in [0.1, 0.15) is 28.7 Å². The summed E-state index contributed by atoms with van der Waals surface area (Å²) in [6.07, 6.45) is 0.356. The predicted molar refractivity (Wildman–Crippen MR) is 179 cm³/mol. The minimum absolute atomic E-state index is 0.106. The average molecular weight is 686 g/mol. The van der Waals surface area contributed by atoms with Gasteiger partial charge in [-0.1, -0.05) is 35.9 Å². The van der Waals surface area contributed by atoms with Gasteiger partial charge in [-0.25, -0.2) is 22.5 Å². The summed E-state index contributed by atoms with van der Waals surface area (Å²) in [6.45, 7) is 9.92. The predicted octanol–water partition coefficient (Wildman–Crippen LogP) is 3.13. The molecule has 48 heavy (non-hydrogen) atoms. The molecule has 0 saturated carbocycles. The normalized spacial score (nSPS) is 17.5. The van der Waals surface area contributed by atoms with Gasteiger partial charge in [0.15, 0.2) is 12.2 Å². The van der Waals surface area contributed by atoms with Crippen LogP contribution in [0.25, 0.3) is 0 Å². The van der Waals surface area contributed by atoms with Crippen molar-refractivity contribution in [3.8, 4) is 0 Å². The van der Waals surface area contributed by atoms with Gasteiger partial charge in [-0.2, -0.15) is 0 Å². The number of carbonyl (C=O) groups is 1. The number of hydrogen-bond donors (Lipinski definition) is 4. The van der Waals surface area contributed by atoms with Crippen molar-refractivity contribution in [2.45, 2.75) is 63.2 Å². The van der Waals surface area contributed by atoms with Gasteiger partial charge in [0.25, 0.3) is 0 Å². The van der Waals surface area contributed by atoms with Crippen molar-refractivity contribution in [3.63, 3.8) is 0 Å². The molecule has 2 heterocycles. The third kappa shape index (κ3) is 10.2. The molecule has 1 amide bonds. The molecule has 1 fully saturated rings. The van der Waals surface area contributed by atoms with Crippen molar-refractivity contribution < 1.29 is 36.9 Å². The summed E-state index contributed by atoms with van der Waals surface area (Å²) in [5.41, 5.74) is 2.83. The van der Waals surface area contributed by atoms with E-state index in [1.165, 1.54) is 19.2 Å². The molecule has 1 saturated heterocycles. The molecule has 260 valence electrons. The molecule has 12 nitrogen and oxygen atoms in total. The van der Waals surface area contributed by atoms with E-state index in [1.54, 1.807) is 44.3 Å². The highest BCUT2D eigenvalue weighted by molar-refractivity contribution is 7.89. The standard InChI is InChI=1S/C34H44FN5O7S/c1-22-14-23(2)33(24(3)15-22)48(43,44)39-30(34(42)45-5)18-38-32(41)21-47-29-16-28(17-37-31-8-6-7-13-36-31)40(19-29)25(4)46-20-26-9-11-27(35)12-10-26/h6-15,28-30,34,39,42H,4,16-21H2,1-3,5H3,(H,36,37)(H,38,41)/t28-,29+,30?,34?/m0/s1. The van der Waals surface area contributed by atoms with Gasteiger partial charge in [0.05, 0.1) is 23.1 Å². The zero-order chi connectivity index (χ0) is 34.8. The van der Waals surface area contributed by atoms with Crippen LogP contribution in [0.3, 0.4) is 0 Å². The van der Waals surface area contributed by atoms with Crippen LogP contribution in [0.4, 0.5) is 10.2 Å². The number of ether oxygens (including phenoxy) is 3. The number of anilines is 1. The molecule has 2 aromatic carbocycles. The highest BCUT2D eigenvalue weighted by Gasteiger charge is 2.35. The maximum atomic E-state index is 13.3. The van der Waals surface area contributed by atoms with Gasteiger partial charge in [-0.3, -0.25) is 4.79 Å². The van der Waals surface area contributed by atoms with E-state index >= 15 is 0 Å². The topological polar surface area (TPSA) is 151 Å². The van der Waals surface area contributed by atoms with E-state index in [0.29, 0.717) is 42.3 Å². The van der Waals surface area contributed by atoms with Crippen LogP contribution in [0, 0.1) is 26.6 Å². The Hall–Kier alpha value is -4.08. The van der Waals surface area contributed by atoms with Crippen LogP contribution in [0.15, 0.2) is 78.2 Å². The summed E-state index contributed by atoms with van der Waals surface area (Å²) in [5, 5.41) is 16.4. The van der Waals surface area contributed by atoms with Gasteiger partial charge in [0, 0.05) is 32.9 Å². The summed E-state index contributed by atoms with van der Waals surface area (Å²) >= 11 is 0. The number of halogens is 1. The fourth-order valence-electron chi connectivity index (χ4n) is 5.70. The van der Waals surface area contributed by atoms with Crippen molar-refractivity contribution in [2.75, 3.05) is 38.7 Å². The Morgan fingerprint density at radius 1 is 1.15 bits per heavy atom. The maximum absolute atomic E-state index is 13.3. The van der Waals surface area contributed by atoms with Crippen LogP contribution in [0.2, 0.25) is 0 Å². The van der Waals surface area contributed by atoms with Crippen LogP contribution in [-0.2, 0) is 35.6 Å². The Kier molecular flexibility index (Phi) is 12.9. The molecule has 4 atom stereocenters. The molecule has 2 unspecified atom stereocenters. The van der Waals surface area contributed by atoms with Gasteiger partial charge < -0.3 is 34.9 Å². The molecular formula is C34H44FN5O7S. The monoisotopic (exact) mass is 685 g/mol. The molecular weight excluding hydrogens is 641 g/mol. The van der Waals surface area contributed by atoms with Gasteiger partial charge in [-0.05, 0) is 74.7 Å². The molecule has 0 spiro atoms. The first kappa shape index (κ1) is 36.8. The summed E-state index contributed by atoms with van der Waals surface area (Å²) in [4.78, 5) is 19.2. The molecule has 0 aliphatic carbocycles. The first-order valence-electron chi connectivity index (χ1n) is 15.5. The van der Waals surface area contributed by atoms with E-state index in [2.05, 4.69) is 26.9 Å². The second kappa shape index (κ2) is 16.8. The number of aliphatic hydroxyl groups excluding tert-OH is 1.